The molecule has 23 heteroatoms. The fourth-order valence-corrected chi connectivity index (χ4v) is 2.67. The van der Waals surface area contributed by atoms with Crippen LogP contribution in [-0.2, 0) is 10.7 Å². The van der Waals surface area contributed by atoms with Crippen LogP contribution in [0.15, 0.2) is 24.3 Å². The molecule has 0 bridgehead atoms. The first-order valence-electron chi connectivity index (χ1n) is 9.36. The van der Waals surface area contributed by atoms with Crippen molar-refractivity contribution in [3.63, 3.8) is 0 Å². The van der Waals surface area contributed by atoms with Gasteiger partial charge in [0.25, 0.3) is 0 Å². The summed E-state index contributed by atoms with van der Waals surface area (Å²) in [5, 5.41) is 0. The van der Waals surface area contributed by atoms with Gasteiger partial charge in [-0.3, -0.25) is 0 Å². The van der Waals surface area contributed by atoms with Crippen LogP contribution in [0, 0.1) is 0 Å². The van der Waals surface area contributed by atoms with E-state index in [0.717, 1.165) is 0 Å². The third-order valence-electron chi connectivity index (χ3n) is 5.18. The smallest absolute Gasteiger partial charge is 0.460 e. The average molecular weight is 654 g/mol. The first-order chi connectivity index (χ1) is 17.7. The van der Waals surface area contributed by atoms with Crippen molar-refractivity contribution >= 4 is 5.97 Å². The van der Waals surface area contributed by atoms with Crippen molar-refractivity contribution in [3.8, 4) is 0 Å². The third-order valence-corrected chi connectivity index (χ3v) is 5.18. The van der Waals surface area contributed by atoms with Crippen LogP contribution >= 0.6 is 0 Å². The largest absolute Gasteiger partial charge is 0.465 e. The molecule has 0 amide bonds. The Morgan fingerprint density at radius 1 is 0.463 bits per heavy atom. The monoisotopic (exact) mass is 654 g/mol. The van der Waals surface area contributed by atoms with Gasteiger partial charge in [0.15, 0.2) is 0 Å². The Morgan fingerprint density at radius 2 is 0.732 bits per heavy atom. The van der Waals surface area contributed by atoms with Gasteiger partial charge in [-0.25, -0.2) is 4.79 Å². The van der Waals surface area contributed by atoms with E-state index < -0.39 is 88.7 Å². The number of hydrogen-bond donors (Lipinski definition) is 0. The van der Waals surface area contributed by atoms with Crippen LogP contribution in [0.3, 0.4) is 0 Å². The van der Waals surface area contributed by atoms with Crippen molar-refractivity contribution in [3.05, 3.63) is 35.4 Å². The molecule has 1 rings (SSSR count). The molecular formula is C18H7F21O2. The van der Waals surface area contributed by atoms with E-state index in [9.17, 15) is 97.0 Å². The standard InChI is InChI=1S/C18H7F21O2/c1-41-8(40)6-2-4-7(5-3-6)9(19,20)10(21,22)11(23,24)12(25,26)13(27,28)14(29,30)15(31,32)16(33,34)17(35,36)18(37,38)39/h2-5H,1H3. The summed E-state index contributed by atoms with van der Waals surface area (Å²) < 4.78 is 286. The number of methoxy groups -OCH3 is 1. The predicted molar refractivity (Wildman–Crippen MR) is 87.3 cm³/mol. The second-order valence-electron chi connectivity index (χ2n) is 7.74. The second-order valence-corrected chi connectivity index (χ2v) is 7.74. The van der Waals surface area contributed by atoms with Gasteiger partial charge in [-0.05, 0) is 12.1 Å². The van der Waals surface area contributed by atoms with Crippen molar-refractivity contribution in [2.45, 2.75) is 59.5 Å². The van der Waals surface area contributed by atoms with Gasteiger partial charge in [0, 0.05) is 5.56 Å². The maximum Gasteiger partial charge on any atom is 0.460 e. The van der Waals surface area contributed by atoms with Crippen LogP contribution in [0.5, 0.6) is 0 Å². The van der Waals surface area contributed by atoms with E-state index in [1.807, 2.05) is 0 Å². The van der Waals surface area contributed by atoms with Crippen LogP contribution in [0.25, 0.3) is 0 Å². The molecule has 0 heterocycles. The summed E-state index contributed by atoms with van der Waals surface area (Å²) in [4.78, 5) is 11.2. The van der Waals surface area contributed by atoms with Crippen LogP contribution in [0.2, 0.25) is 0 Å². The first-order valence-corrected chi connectivity index (χ1v) is 9.36. The van der Waals surface area contributed by atoms with Crippen LogP contribution < -0.4 is 0 Å². The molecule has 0 spiro atoms. The van der Waals surface area contributed by atoms with Crippen molar-refractivity contribution in [2.75, 3.05) is 7.11 Å². The van der Waals surface area contributed by atoms with Crippen LogP contribution in [0.1, 0.15) is 15.9 Å². The molecule has 0 N–H and O–H groups in total. The maximum atomic E-state index is 14.2. The Morgan fingerprint density at radius 3 is 1.00 bits per heavy atom. The minimum Gasteiger partial charge on any atom is -0.465 e. The average Bonchev–Trinajstić information content (AvgIpc) is 2.81. The molecule has 0 aliphatic carbocycles. The number of alkyl halides is 21. The SMILES string of the molecule is COC(=O)c1ccc(C(F)(F)C(F)(F)C(F)(F)C(F)(F)C(F)(F)C(F)(F)C(F)(F)C(F)(F)C(F)(F)C(F)(F)F)cc1. The van der Waals surface area contributed by atoms with Gasteiger partial charge in [0.1, 0.15) is 0 Å². The zero-order chi connectivity index (χ0) is 33.3. The highest BCUT2D eigenvalue weighted by atomic mass is 19.4. The molecule has 0 saturated heterocycles. The number of esters is 1. The fraction of sp³-hybridized carbons (Fsp3) is 0.611. The molecule has 0 saturated carbocycles. The summed E-state index contributed by atoms with van der Waals surface area (Å²) in [5.41, 5.74) is -3.42. The van der Waals surface area contributed by atoms with Crippen molar-refractivity contribution in [1.29, 1.82) is 0 Å². The molecule has 41 heavy (non-hydrogen) atoms. The Kier molecular flexibility index (Phi) is 8.51. The number of rotatable bonds is 10. The van der Waals surface area contributed by atoms with E-state index in [1.54, 1.807) is 0 Å². The summed E-state index contributed by atoms with van der Waals surface area (Å²) in [5.74, 6) is -79.1. The number of carbonyl (C=O) groups is 1. The Hall–Kier alpha value is -2.78. The number of benzene rings is 1. The molecule has 0 aliphatic rings. The predicted octanol–water partition coefficient (Wildman–Crippen LogP) is 8.21. The van der Waals surface area contributed by atoms with Gasteiger partial charge in [-0.15, -0.1) is 0 Å². The Balaban J connectivity index is 3.79. The molecule has 238 valence electrons. The lowest BCUT2D eigenvalue weighted by Crippen LogP contribution is -2.76. The molecular weight excluding hydrogens is 647 g/mol. The minimum atomic E-state index is -9.22. The van der Waals surface area contributed by atoms with E-state index in [1.165, 1.54) is 0 Å². The van der Waals surface area contributed by atoms with Crippen molar-refractivity contribution < 1.29 is 102 Å². The van der Waals surface area contributed by atoms with Gasteiger partial charge in [-0.2, -0.15) is 92.2 Å². The van der Waals surface area contributed by atoms with Crippen molar-refractivity contribution in [1.82, 2.24) is 0 Å². The highest BCUT2D eigenvalue weighted by Crippen LogP contribution is 2.66. The second kappa shape index (κ2) is 9.63. The normalized spacial score (nSPS) is 15.7. The highest BCUT2D eigenvalue weighted by molar-refractivity contribution is 5.89. The lowest BCUT2D eigenvalue weighted by atomic mass is 9.85. The number of ether oxygens (including phenoxy) is 1. The van der Waals surface area contributed by atoms with E-state index in [4.69, 9.17) is 0 Å². The van der Waals surface area contributed by atoms with Gasteiger partial charge in [0.05, 0.1) is 12.7 Å². The van der Waals surface area contributed by atoms with Gasteiger partial charge < -0.3 is 4.74 Å². The summed E-state index contributed by atoms with van der Waals surface area (Å²) in [6.07, 6.45) is -8.03. The first kappa shape index (κ1) is 36.2. The van der Waals surface area contributed by atoms with Crippen LogP contribution in [-0.4, -0.2) is 66.6 Å². The van der Waals surface area contributed by atoms with Crippen LogP contribution in [0.4, 0.5) is 92.2 Å². The van der Waals surface area contributed by atoms with Gasteiger partial charge in [-0.1, -0.05) is 12.1 Å². The van der Waals surface area contributed by atoms with E-state index in [-0.39, 0.29) is 12.1 Å². The van der Waals surface area contributed by atoms with E-state index >= 15 is 0 Å². The zero-order valence-corrected chi connectivity index (χ0v) is 18.6. The molecule has 0 unspecified atom stereocenters. The quantitative estimate of drug-likeness (QED) is 0.188. The Labute approximate surface area is 211 Å². The third kappa shape index (κ3) is 4.60. The van der Waals surface area contributed by atoms with Crippen molar-refractivity contribution in [2.24, 2.45) is 0 Å². The molecule has 0 aromatic heterocycles. The summed E-state index contributed by atoms with van der Waals surface area (Å²) in [7, 11) is 0.654. The molecule has 0 aliphatic heterocycles. The fourth-order valence-electron chi connectivity index (χ4n) is 2.67. The summed E-state index contributed by atoms with van der Waals surface area (Å²) in [6.45, 7) is 0. The Bertz CT molecular complexity index is 1120. The zero-order valence-electron chi connectivity index (χ0n) is 18.6. The lowest BCUT2D eigenvalue weighted by Gasteiger charge is -2.44. The maximum absolute atomic E-state index is 14.2. The molecule has 0 fully saturated rings. The van der Waals surface area contributed by atoms with E-state index in [0.29, 0.717) is 7.11 Å². The topological polar surface area (TPSA) is 26.3 Å². The summed E-state index contributed by atoms with van der Waals surface area (Å²) >= 11 is 0. The highest BCUT2D eigenvalue weighted by Gasteiger charge is 2.97. The number of halogens is 21. The number of carbonyl (C=O) groups excluding carboxylic acids is 1. The molecule has 1 aromatic carbocycles. The van der Waals surface area contributed by atoms with Gasteiger partial charge in [0.2, 0.25) is 0 Å². The summed E-state index contributed by atoms with van der Waals surface area (Å²) in [6, 6.07) is -0.772. The molecule has 0 atom stereocenters. The van der Waals surface area contributed by atoms with E-state index in [2.05, 4.69) is 4.74 Å². The minimum absolute atomic E-state index is 0.0493. The molecule has 1 aromatic rings. The lowest BCUT2D eigenvalue weighted by molar-refractivity contribution is -0.474. The number of hydrogen-bond acceptors (Lipinski definition) is 2. The molecule has 2 nitrogen and oxygen atoms in total. The van der Waals surface area contributed by atoms with Gasteiger partial charge >= 0.3 is 65.4 Å². The molecule has 0 radical (unpaired) electrons.